The highest BCUT2D eigenvalue weighted by molar-refractivity contribution is 14.1. The van der Waals surface area contributed by atoms with Gasteiger partial charge in [-0.2, -0.15) is 9.90 Å². The molecule has 2 fully saturated rings. The maximum Gasteiger partial charge on any atom is 0.00237 e. The molecule has 24 heavy (non-hydrogen) atoms. The normalized spacial score (nSPS) is 30.6. The quantitative estimate of drug-likeness (QED) is 0.243. The lowest BCUT2D eigenvalue weighted by Crippen LogP contribution is -2.15. The van der Waals surface area contributed by atoms with E-state index >= 15 is 0 Å². The molecule has 1 aromatic rings. The monoisotopic (exact) mass is 458 g/mol. The molecule has 0 nitrogen and oxygen atoms in total. The first-order valence-corrected chi connectivity index (χ1v) is 11.5. The van der Waals surface area contributed by atoms with E-state index in [0.29, 0.717) is 0 Å². The Morgan fingerprint density at radius 2 is 1.17 bits per heavy atom. The fraction of sp³-hybridized carbons (Fsp3) is 0.727. The summed E-state index contributed by atoms with van der Waals surface area (Å²) < 4.78 is 1.35. The molecule has 1 atom stereocenters. The van der Waals surface area contributed by atoms with Gasteiger partial charge in [0, 0.05) is 4.43 Å². The number of hydrogen-bond acceptors (Lipinski definition) is 0. The van der Waals surface area contributed by atoms with Crippen molar-refractivity contribution in [2.24, 2.45) is 11.8 Å². The van der Waals surface area contributed by atoms with Crippen molar-refractivity contribution in [1.82, 2.24) is 0 Å². The maximum absolute atomic E-state index is 2.56. The minimum atomic E-state index is 0. The van der Waals surface area contributed by atoms with E-state index in [1.807, 2.05) is 0 Å². The van der Waals surface area contributed by atoms with Crippen LogP contribution in [0.2, 0.25) is 0 Å². The van der Waals surface area contributed by atoms with Crippen LogP contribution in [0.15, 0.2) is 24.3 Å². The lowest BCUT2D eigenvalue weighted by atomic mass is 9.76. The molecule has 0 saturated heterocycles. The molecule has 0 heterocycles. The highest BCUT2D eigenvalue weighted by Crippen LogP contribution is 2.39. The van der Waals surface area contributed by atoms with Crippen molar-refractivity contribution >= 4 is 32.5 Å². The summed E-state index contributed by atoms with van der Waals surface area (Å²) in [5.41, 5.74) is 3.23. The highest BCUT2D eigenvalue weighted by Gasteiger charge is 2.24. The molecule has 0 aliphatic heterocycles. The predicted octanol–water partition coefficient (Wildman–Crippen LogP) is 7.53. The summed E-state index contributed by atoms with van der Waals surface area (Å²) in [5, 5.41) is 0. The van der Waals surface area contributed by atoms with Gasteiger partial charge in [-0.1, -0.05) is 66.6 Å². The number of alkyl halides is 1. The van der Waals surface area contributed by atoms with Gasteiger partial charge in [0.1, 0.15) is 0 Å². The average molecular weight is 458 g/mol. The number of halogens is 1. The third-order valence-electron chi connectivity index (χ3n) is 6.49. The standard InChI is InChI=1S/C22H33I.H3P/c1-2-3-17-4-8-19(9-5-17)21-12-14-22(15-13-21)20-10-6-18(16-23)7-11-20;/h12-15,17-20H,2-11,16H2,1H3;1H3. The summed E-state index contributed by atoms with van der Waals surface area (Å²) in [5.74, 6) is 3.68. The molecule has 0 amide bonds. The van der Waals surface area contributed by atoms with E-state index in [1.54, 1.807) is 11.1 Å². The third-order valence-corrected chi connectivity index (χ3v) is 7.73. The summed E-state index contributed by atoms with van der Waals surface area (Å²) in [6.45, 7) is 2.33. The Morgan fingerprint density at radius 1 is 0.750 bits per heavy atom. The fourth-order valence-electron chi connectivity index (χ4n) is 4.88. The van der Waals surface area contributed by atoms with Crippen molar-refractivity contribution in [2.45, 2.75) is 83.0 Å². The zero-order chi connectivity index (χ0) is 16.1. The lowest BCUT2D eigenvalue weighted by molar-refractivity contribution is 0.308. The lowest BCUT2D eigenvalue weighted by Gasteiger charge is -2.30. The van der Waals surface area contributed by atoms with Gasteiger partial charge in [-0.05, 0) is 86.2 Å². The van der Waals surface area contributed by atoms with Crippen molar-refractivity contribution in [1.29, 1.82) is 0 Å². The van der Waals surface area contributed by atoms with Crippen LogP contribution in [0.1, 0.15) is 94.1 Å². The van der Waals surface area contributed by atoms with E-state index in [0.717, 1.165) is 23.7 Å². The SMILES string of the molecule is CCCC1CCC(c2ccc(C3CCC(CI)CC3)cc2)CC1.P. The van der Waals surface area contributed by atoms with Crippen molar-refractivity contribution in [3.05, 3.63) is 35.4 Å². The molecule has 0 bridgehead atoms. The zero-order valence-corrected chi connectivity index (χ0v) is 19.1. The van der Waals surface area contributed by atoms with Crippen LogP contribution in [0, 0.1) is 11.8 Å². The second-order valence-electron chi connectivity index (χ2n) is 8.04. The van der Waals surface area contributed by atoms with Crippen LogP contribution < -0.4 is 0 Å². The van der Waals surface area contributed by atoms with E-state index in [-0.39, 0.29) is 9.90 Å². The fourth-order valence-corrected chi connectivity index (χ4v) is 5.76. The molecular weight excluding hydrogens is 422 g/mol. The molecule has 0 radical (unpaired) electrons. The smallest absolute Gasteiger partial charge is 0.00237 e. The van der Waals surface area contributed by atoms with Gasteiger partial charge in [0.15, 0.2) is 0 Å². The van der Waals surface area contributed by atoms with Gasteiger partial charge < -0.3 is 0 Å². The minimum absolute atomic E-state index is 0. The van der Waals surface area contributed by atoms with Crippen molar-refractivity contribution in [3.63, 3.8) is 0 Å². The van der Waals surface area contributed by atoms with Crippen LogP contribution in [0.4, 0.5) is 0 Å². The Bertz CT molecular complexity index is 453. The van der Waals surface area contributed by atoms with Crippen molar-refractivity contribution in [2.75, 3.05) is 4.43 Å². The van der Waals surface area contributed by atoms with E-state index < -0.39 is 0 Å². The second kappa shape index (κ2) is 10.5. The summed E-state index contributed by atoms with van der Waals surface area (Å²) in [4.78, 5) is 0. The summed E-state index contributed by atoms with van der Waals surface area (Å²) in [7, 11) is 0. The third kappa shape index (κ3) is 5.44. The molecule has 0 N–H and O–H groups in total. The van der Waals surface area contributed by atoms with E-state index in [1.165, 1.54) is 68.6 Å². The molecule has 1 unspecified atom stereocenters. The van der Waals surface area contributed by atoms with Gasteiger partial charge in [0.2, 0.25) is 0 Å². The molecule has 2 heteroatoms. The van der Waals surface area contributed by atoms with Crippen LogP contribution in [0.25, 0.3) is 0 Å². The summed E-state index contributed by atoms with van der Waals surface area (Å²) in [6, 6.07) is 9.85. The zero-order valence-electron chi connectivity index (χ0n) is 15.5. The molecule has 136 valence electrons. The molecule has 1 aromatic carbocycles. The average Bonchev–Trinajstić information content (AvgIpc) is 2.63. The van der Waals surface area contributed by atoms with Gasteiger partial charge in [0.05, 0.1) is 0 Å². The maximum atomic E-state index is 2.56. The van der Waals surface area contributed by atoms with Crippen LogP contribution >= 0.6 is 32.5 Å². The minimum Gasteiger partial charge on any atom is -0.153 e. The second-order valence-corrected chi connectivity index (χ2v) is 8.93. The predicted molar refractivity (Wildman–Crippen MR) is 121 cm³/mol. The molecule has 2 aliphatic carbocycles. The number of benzene rings is 1. The highest BCUT2D eigenvalue weighted by atomic mass is 127. The molecule has 2 saturated carbocycles. The van der Waals surface area contributed by atoms with Gasteiger partial charge >= 0.3 is 0 Å². The van der Waals surface area contributed by atoms with Crippen molar-refractivity contribution < 1.29 is 0 Å². The first-order valence-electron chi connectivity index (χ1n) is 9.96. The van der Waals surface area contributed by atoms with E-state index in [9.17, 15) is 0 Å². The van der Waals surface area contributed by atoms with E-state index in [4.69, 9.17) is 0 Å². The Balaban J connectivity index is 0.00000208. The summed E-state index contributed by atoms with van der Waals surface area (Å²) in [6.07, 6.45) is 14.3. The van der Waals surface area contributed by atoms with Crippen LogP contribution in [-0.2, 0) is 0 Å². The molecule has 3 rings (SSSR count). The van der Waals surface area contributed by atoms with Crippen LogP contribution in [-0.4, -0.2) is 4.43 Å². The molecular formula is C22H36IP. The van der Waals surface area contributed by atoms with E-state index in [2.05, 4.69) is 53.8 Å². The van der Waals surface area contributed by atoms with Gasteiger partial charge in [-0.25, -0.2) is 0 Å². The Morgan fingerprint density at radius 3 is 1.54 bits per heavy atom. The summed E-state index contributed by atoms with van der Waals surface area (Å²) >= 11 is 2.56. The first-order chi connectivity index (χ1) is 11.3. The number of hydrogen-bond donors (Lipinski definition) is 0. The van der Waals surface area contributed by atoms with Crippen LogP contribution in [0.5, 0.6) is 0 Å². The molecule has 2 aliphatic rings. The Kier molecular flexibility index (Phi) is 9.06. The van der Waals surface area contributed by atoms with Crippen molar-refractivity contribution in [3.8, 4) is 0 Å². The topological polar surface area (TPSA) is 0 Å². The van der Waals surface area contributed by atoms with Gasteiger partial charge in [-0.3, -0.25) is 0 Å². The van der Waals surface area contributed by atoms with Gasteiger partial charge in [0.25, 0.3) is 0 Å². The molecule has 0 aromatic heterocycles. The Hall–Kier alpha value is 0.380. The number of rotatable bonds is 5. The Labute approximate surface area is 166 Å². The molecule has 0 spiro atoms. The first kappa shape index (κ1) is 20.7. The van der Waals surface area contributed by atoms with Gasteiger partial charge in [-0.15, -0.1) is 0 Å². The van der Waals surface area contributed by atoms with Crippen LogP contribution in [0.3, 0.4) is 0 Å². The largest absolute Gasteiger partial charge is 0.153 e.